The summed E-state index contributed by atoms with van der Waals surface area (Å²) in [6, 6.07) is 2.32. The minimum Gasteiger partial charge on any atom is -0.361 e. The molecule has 3 heterocycles. The van der Waals surface area contributed by atoms with Crippen molar-refractivity contribution in [3.05, 3.63) is 17.5 Å². The van der Waals surface area contributed by atoms with E-state index in [1.165, 1.54) is 0 Å². The van der Waals surface area contributed by atoms with Crippen molar-refractivity contribution in [3.8, 4) is 0 Å². The van der Waals surface area contributed by atoms with Gasteiger partial charge in [0.2, 0.25) is 11.8 Å². The SMILES string of the molecule is Cc1cc(C2CCCN2C(=O)C2CC(=O)N(C3CC3)C2)no1. The van der Waals surface area contributed by atoms with Crippen molar-refractivity contribution < 1.29 is 14.1 Å². The van der Waals surface area contributed by atoms with E-state index in [4.69, 9.17) is 4.52 Å². The number of hydrogen-bond acceptors (Lipinski definition) is 4. The number of amides is 2. The average molecular weight is 303 g/mol. The maximum absolute atomic E-state index is 12.9. The molecule has 2 aliphatic heterocycles. The number of rotatable bonds is 3. The van der Waals surface area contributed by atoms with E-state index >= 15 is 0 Å². The molecule has 0 spiro atoms. The molecule has 0 N–H and O–H groups in total. The van der Waals surface area contributed by atoms with Gasteiger partial charge < -0.3 is 14.3 Å². The number of nitrogens with zero attached hydrogens (tertiary/aromatic N) is 3. The number of carbonyl (C=O) groups is 2. The molecule has 2 atom stereocenters. The van der Waals surface area contributed by atoms with Crippen molar-refractivity contribution in [2.24, 2.45) is 5.92 Å². The van der Waals surface area contributed by atoms with Crippen LogP contribution in [-0.2, 0) is 9.59 Å². The molecule has 22 heavy (non-hydrogen) atoms. The monoisotopic (exact) mass is 303 g/mol. The molecule has 3 fully saturated rings. The molecule has 1 aromatic heterocycles. The molecule has 3 aliphatic rings. The van der Waals surface area contributed by atoms with Crippen LogP contribution in [0.4, 0.5) is 0 Å². The molecule has 0 radical (unpaired) electrons. The molecule has 2 amide bonds. The van der Waals surface area contributed by atoms with E-state index in [2.05, 4.69) is 5.16 Å². The maximum Gasteiger partial charge on any atom is 0.228 e. The number of likely N-dealkylation sites (tertiary alicyclic amines) is 2. The fraction of sp³-hybridized carbons (Fsp3) is 0.688. The molecular formula is C16H21N3O3. The van der Waals surface area contributed by atoms with Crippen LogP contribution in [0.15, 0.2) is 10.6 Å². The topological polar surface area (TPSA) is 66.7 Å². The summed E-state index contributed by atoms with van der Waals surface area (Å²) in [5, 5.41) is 4.08. The van der Waals surface area contributed by atoms with Gasteiger partial charge in [-0.2, -0.15) is 0 Å². The van der Waals surface area contributed by atoms with Crippen molar-refractivity contribution in [2.45, 2.75) is 51.1 Å². The van der Waals surface area contributed by atoms with Gasteiger partial charge in [0.15, 0.2) is 0 Å². The summed E-state index contributed by atoms with van der Waals surface area (Å²) in [4.78, 5) is 28.7. The Morgan fingerprint density at radius 2 is 2.18 bits per heavy atom. The zero-order valence-corrected chi connectivity index (χ0v) is 12.8. The van der Waals surface area contributed by atoms with Crippen LogP contribution in [0, 0.1) is 12.8 Å². The lowest BCUT2D eigenvalue weighted by Gasteiger charge is -2.26. The second-order valence-corrected chi connectivity index (χ2v) is 6.73. The first kappa shape index (κ1) is 13.8. The van der Waals surface area contributed by atoms with Gasteiger partial charge in [-0.3, -0.25) is 9.59 Å². The van der Waals surface area contributed by atoms with Crippen molar-refractivity contribution in [3.63, 3.8) is 0 Å². The summed E-state index contributed by atoms with van der Waals surface area (Å²) in [5.74, 6) is 0.848. The summed E-state index contributed by atoms with van der Waals surface area (Å²) in [5.41, 5.74) is 0.840. The normalized spacial score (nSPS) is 28.7. The van der Waals surface area contributed by atoms with E-state index < -0.39 is 0 Å². The second kappa shape index (κ2) is 5.11. The largest absolute Gasteiger partial charge is 0.361 e. The molecule has 0 aromatic carbocycles. The van der Waals surface area contributed by atoms with Gasteiger partial charge in [-0.1, -0.05) is 5.16 Å². The molecule has 1 aromatic rings. The molecule has 1 aliphatic carbocycles. The summed E-state index contributed by atoms with van der Waals surface area (Å²) < 4.78 is 5.15. The van der Waals surface area contributed by atoms with Gasteiger partial charge in [0, 0.05) is 31.6 Å². The van der Waals surface area contributed by atoms with E-state index in [0.717, 1.165) is 43.7 Å². The predicted molar refractivity (Wildman–Crippen MR) is 77.8 cm³/mol. The molecule has 118 valence electrons. The molecule has 0 bridgehead atoms. The van der Waals surface area contributed by atoms with E-state index in [-0.39, 0.29) is 23.8 Å². The Labute approximate surface area is 129 Å². The zero-order chi connectivity index (χ0) is 15.3. The van der Waals surface area contributed by atoms with E-state index in [0.29, 0.717) is 19.0 Å². The molecular weight excluding hydrogens is 282 g/mol. The lowest BCUT2D eigenvalue weighted by molar-refractivity contribution is -0.136. The third-order valence-corrected chi connectivity index (χ3v) is 5.02. The zero-order valence-electron chi connectivity index (χ0n) is 12.8. The van der Waals surface area contributed by atoms with Crippen LogP contribution in [0.3, 0.4) is 0 Å². The van der Waals surface area contributed by atoms with Gasteiger partial charge in [0.05, 0.1) is 12.0 Å². The molecule has 1 saturated carbocycles. The Balaban J connectivity index is 1.48. The molecule has 6 nitrogen and oxygen atoms in total. The van der Waals surface area contributed by atoms with E-state index in [9.17, 15) is 9.59 Å². The van der Waals surface area contributed by atoms with Gasteiger partial charge in [-0.25, -0.2) is 0 Å². The first-order valence-corrected chi connectivity index (χ1v) is 8.16. The highest BCUT2D eigenvalue weighted by molar-refractivity contribution is 5.89. The third kappa shape index (κ3) is 2.30. The van der Waals surface area contributed by atoms with Crippen molar-refractivity contribution >= 4 is 11.8 Å². The highest BCUT2D eigenvalue weighted by Gasteiger charge is 2.44. The first-order chi connectivity index (χ1) is 10.6. The Hall–Kier alpha value is -1.85. The van der Waals surface area contributed by atoms with E-state index in [1.54, 1.807) is 0 Å². The van der Waals surface area contributed by atoms with Crippen LogP contribution in [0.5, 0.6) is 0 Å². The Morgan fingerprint density at radius 1 is 1.36 bits per heavy atom. The van der Waals surface area contributed by atoms with E-state index in [1.807, 2.05) is 22.8 Å². The van der Waals surface area contributed by atoms with Crippen LogP contribution in [-0.4, -0.2) is 45.9 Å². The Morgan fingerprint density at radius 3 is 2.86 bits per heavy atom. The van der Waals surface area contributed by atoms with Crippen LogP contribution >= 0.6 is 0 Å². The predicted octanol–water partition coefficient (Wildman–Crippen LogP) is 1.66. The minimum atomic E-state index is -0.179. The average Bonchev–Trinajstić information content (AvgIpc) is 2.90. The van der Waals surface area contributed by atoms with Crippen LogP contribution in [0.25, 0.3) is 0 Å². The number of aromatic nitrogens is 1. The lowest BCUT2D eigenvalue weighted by Crippen LogP contribution is -2.37. The van der Waals surface area contributed by atoms with Gasteiger partial charge in [0.1, 0.15) is 11.5 Å². The van der Waals surface area contributed by atoms with Gasteiger partial charge in [-0.05, 0) is 32.6 Å². The third-order valence-electron chi connectivity index (χ3n) is 5.02. The smallest absolute Gasteiger partial charge is 0.228 e. The van der Waals surface area contributed by atoms with Crippen molar-refractivity contribution in [1.29, 1.82) is 0 Å². The maximum atomic E-state index is 12.9. The second-order valence-electron chi connectivity index (χ2n) is 6.73. The van der Waals surface area contributed by atoms with Gasteiger partial charge in [-0.15, -0.1) is 0 Å². The summed E-state index contributed by atoms with van der Waals surface area (Å²) in [6.07, 6.45) is 4.46. The van der Waals surface area contributed by atoms with Crippen molar-refractivity contribution in [1.82, 2.24) is 15.0 Å². The Bertz CT molecular complexity index is 608. The van der Waals surface area contributed by atoms with Crippen LogP contribution in [0.1, 0.15) is 49.6 Å². The fourth-order valence-electron chi connectivity index (χ4n) is 3.75. The van der Waals surface area contributed by atoms with Crippen LogP contribution < -0.4 is 0 Å². The molecule has 6 heteroatoms. The van der Waals surface area contributed by atoms with Crippen LogP contribution in [0.2, 0.25) is 0 Å². The minimum absolute atomic E-state index is 0.00928. The quantitative estimate of drug-likeness (QED) is 0.851. The number of carbonyl (C=O) groups excluding carboxylic acids is 2. The van der Waals surface area contributed by atoms with Gasteiger partial charge in [0.25, 0.3) is 0 Å². The number of aryl methyl sites for hydroxylation is 1. The molecule has 2 unspecified atom stereocenters. The fourth-order valence-corrected chi connectivity index (χ4v) is 3.75. The summed E-state index contributed by atoms with van der Waals surface area (Å²) >= 11 is 0. The molecule has 2 saturated heterocycles. The first-order valence-electron chi connectivity index (χ1n) is 8.16. The highest BCUT2D eigenvalue weighted by Crippen LogP contribution is 2.37. The standard InChI is InChI=1S/C16H21N3O3/c1-10-7-13(17-22-10)14-3-2-6-18(14)16(21)11-8-15(20)19(9-11)12-4-5-12/h7,11-12,14H,2-6,8-9H2,1H3. The molecule has 4 rings (SSSR count). The Kier molecular flexibility index (Phi) is 3.20. The lowest BCUT2D eigenvalue weighted by atomic mass is 10.1. The summed E-state index contributed by atoms with van der Waals surface area (Å²) in [6.45, 7) is 3.22. The number of hydrogen-bond donors (Lipinski definition) is 0. The van der Waals surface area contributed by atoms with Crippen molar-refractivity contribution in [2.75, 3.05) is 13.1 Å². The highest BCUT2D eigenvalue weighted by atomic mass is 16.5. The summed E-state index contributed by atoms with van der Waals surface area (Å²) in [7, 11) is 0. The van der Waals surface area contributed by atoms with Gasteiger partial charge >= 0.3 is 0 Å².